The molecule has 0 spiro atoms. The van der Waals surface area contributed by atoms with E-state index in [2.05, 4.69) is 21.2 Å². The highest BCUT2D eigenvalue weighted by atomic mass is 79.9. The molecule has 0 aliphatic rings. The van der Waals surface area contributed by atoms with Crippen molar-refractivity contribution in [2.75, 3.05) is 7.05 Å². The molecule has 0 saturated carbocycles. The predicted molar refractivity (Wildman–Crippen MR) is 57.0 cm³/mol. The molecular formula is C10H12BrNO. The van der Waals surface area contributed by atoms with Crippen molar-refractivity contribution in [2.45, 2.75) is 13.8 Å². The van der Waals surface area contributed by atoms with Crippen LogP contribution in [0.4, 0.5) is 0 Å². The molecule has 13 heavy (non-hydrogen) atoms. The van der Waals surface area contributed by atoms with Crippen molar-refractivity contribution in [1.82, 2.24) is 5.32 Å². The number of hydrogen-bond donors (Lipinski definition) is 1. The molecule has 0 fully saturated rings. The molecule has 0 bridgehead atoms. The SMILES string of the molecule is CNC(=O)c1ccc(C)c(C)c1Br. The largest absolute Gasteiger partial charge is 0.355 e. The molecule has 3 heteroatoms. The Morgan fingerprint density at radius 1 is 1.38 bits per heavy atom. The third-order valence-corrected chi connectivity index (χ3v) is 3.15. The summed E-state index contributed by atoms with van der Waals surface area (Å²) in [5.41, 5.74) is 2.98. The van der Waals surface area contributed by atoms with Crippen molar-refractivity contribution in [1.29, 1.82) is 0 Å². The number of aryl methyl sites for hydroxylation is 1. The highest BCUT2D eigenvalue weighted by molar-refractivity contribution is 9.10. The van der Waals surface area contributed by atoms with E-state index in [0.29, 0.717) is 5.56 Å². The lowest BCUT2D eigenvalue weighted by Crippen LogP contribution is -2.18. The highest BCUT2D eigenvalue weighted by Crippen LogP contribution is 2.23. The van der Waals surface area contributed by atoms with Crippen LogP contribution >= 0.6 is 15.9 Å². The minimum Gasteiger partial charge on any atom is -0.355 e. The molecule has 1 N–H and O–H groups in total. The average Bonchev–Trinajstić information content (AvgIpc) is 2.13. The maximum Gasteiger partial charge on any atom is 0.252 e. The fourth-order valence-electron chi connectivity index (χ4n) is 1.09. The molecule has 1 aromatic rings. The van der Waals surface area contributed by atoms with Gasteiger partial charge in [0.2, 0.25) is 0 Å². The van der Waals surface area contributed by atoms with Crippen LogP contribution in [-0.4, -0.2) is 13.0 Å². The normalized spacial score (nSPS) is 9.85. The number of carbonyl (C=O) groups excluding carboxylic acids is 1. The summed E-state index contributed by atoms with van der Waals surface area (Å²) >= 11 is 3.41. The fraction of sp³-hybridized carbons (Fsp3) is 0.300. The van der Waals surface area contributed by atoms with Crippen LogP contribution in [-0.2, 0) is 0 Å². The molecule has 2 nitrogen and oxygen atoms in total. The lowest BCUT2D eigenvalue weighted by molar-refractivity contribution is 0.0962. The summed E-state index contributed by atoms with van der Waals surface area (Å²) in [6.07, 6.45) is 0. The van der Waals surface area contributed by atoms with Crippen LogP contribution in [0.5, 0.6) is 0 Å². The topological polar surface area (TPSA) is 29.1 Å². The Kier molecular flexibility index (Phi) is 3.09. The molecule has 0 radical (unpaired) electrons. The first-order valence-electron chi connectivity index (χ1n) is 4.05. The molecule has 0 unspecified atom stereocenters. The van der Waals surface area contributed by atoms with E-state index in [-0.39, 0.29) is 5.91 Å². The van der Waals surface area contributed by atoms with Crippen molar-refractivity contribution in [2.24, 2.45) is 0 Å². The molecule has 1 amide bonds. The van der Waals surface area contributed by atoms with E-state index in [1.165, 1.54) is 5.56 Å². The number of benzene rings is 1. The van der Waals surface area contributed by atoms with Gasteiger partial charge < -0.3 is 5.32 Å². The first-order chi connectivity index (χ1) is 6.07. The van der Waals surface area contributed by atoms with Crippen LogP contribution in [0.1, 0.15) is 21.5 Å². The van der Waals surface area contributed by atoms with Gasteiger partial charge in [-0.3, -0.25) is 4.79 Å². The molecule has 0 atom stereocenters. The van der Waals surface area contributed by atoms with E-state index < -0.39 is 0 Å². The van der Waals surface area contributed by atoms with Gasteiger partial charge in [0.1, 0.15) is 0 Å². The lowest BCUT2D eigenvalue weighted by atomic mass is 10.1. The Balaban J connectivity index is 3.26. The van der Waals surface area contributed by atoms with Crippen LogP contribution in [0.15, 0.2) is 16.6 Å². The Bertz CT molecular complexity index is 347. The van der Waals surface area contributed by atoms with Gasteiger partial charge in [0.05, 0.1) is 5.56 Å². The van der Waals surface area contributed by atoms with Gasteiger partial charge >= 0.3 is 0 Å². The number of nitrogens with one attached hydrogen (secondary N) is 1. The number of carbonyl (C=O) groups is 1. The molecule has 0 heterocycles. The third-order valence-electron chi connectivity index (χ3n) is 2.13. The second-order valence-corrected chi connectivity index (χ2v) is 3.74. The van der Waals surface area contributed by atoms with Gasteiger partial charge in [-0.1, -0.05) is 6.07 Å². The van der Waals surface area contributed by atoms with Crippen molar-refractivity contribution < 1.29 is 4.79 Å². The Hall–Kier alpha value is -0.830. The molecule has 1 aromatic carbocycles. The van der Waals surface area contributed by atoms with Crippen LogP contribution < -0.4 is 5.32 Å². The summed E-state index contributed by atoms with van der Waals surface area (Å²) < 4.78 is 0.881. The van der Waals surface area contributed by atoms with Gasteiger partial charge in [0.15, 0.2) is 0 Å². The fourth-order valence-corrected chi connectivity index (χ4v) is 1.72. The van der Waals surface area contributed by atoms with Crippen LogP contribution in [0, 0.1) is 13.8 Å². The van der Waals surface area contributed by atoms with Gasteiger partial charge in [-0.15, -0.1) is 0 Å². The minimum absolute atomic E-state index is 0.0602. The zero-order chi connectivity index (χ0) is 10.0. The van der Waals surface area contributed by atoms with E-state index in [1.54, 1.807) is 7.05 Å². The summed E-state index contributed by atoms with van der Waals surface area (Å²) in [5.74, 6) is -0.0602. The number of amides is 1. The first-order valence-corrected chi connectivity index (χ1v) is 4.85. The van der Waals surface area contributed by atoms with Crippen molar-refractivity contribution in [3.63, 3.8) is 0 Å². The van der Waals surface area contributed by atoms with Crippen molar-refractivity contribution in [3.8, 4) is 0 Å². The predicted octanol–water partition coefficient (Wildman–Crippen LogP) is 2.43. The molecule has 0 aliphatic heterocycles. The minimum atomic E-state index is -0.0602. The molecule has 0 aromatic heterocycles. The molecule has 0 aliphatic carbocycles. The molecule has 70 valence electrons. The first kappa shape index (κ1) is 10.3. The van der Waals surface area contributed by atoms with Gasteiger partial charge in [-0.25, -0.2) is 0 Å². The summed E-state index contributed by atoms with van der Waals surface area (Å²) in [7, 11) is 1.63. The van der Waals surface area contributed by atoms with E-state index in [9.17, 15) is 4.79 Å². The van der Waals surface area contributed by atoms with Gasteiger partial charge in [0.25, 0.3) is 5.91 Å². The van der Waals surface area contributed by atoms with Crippen molar-refractivity contribution >= 4 is 21.8 Å². The average molecular weight is 242 g/mol. The second kappa shape index (κ2) is 3.92. The van der Waals surface area contributed by atoms with Gasteiger partial charge in [0, 0.05) is 11.5 Å². The summed E-state index contributed by atoms with van der Waals surface area (Å²) in [4.78, 5) is 11.4. The van der Waals surface area contributed by atoms with E-state index >= 15 is 0 Å². The molecule has 0 saturated heterocycles. The summed E-state index contributed by atoms with van der Waals surface area (Å²) in [5, 5.41) is 2.60. The zero-order valence-electron chi connectivity index (χ0n) is 7.94. The monoisotopic (exact) mass is 241 g/mol. The quantitative estimate of drug-likeness (QED) is 0.805. The molecule has 1 rings (SSSR count). The van der Waals surface area contributed by atoms with E-state index in [1.807, 2.05) is 26.0 Å². The van der Waals surface area contributed by atoms with E-state index in [4.69, 9.17) is 0 Å². The molecular weight excluding hydrogens is 230 g/mol. The number of hydrogen-bond acceptors (Lipinski definition) is 1. The zero-order valence-corrected chi connectivity index (χ0v) is 9.53. The second-order valence-electron chi connectivity index (χ2n) is 2.95. The standard InChI is InChI=1S/C10H12BrNO/c1-6-4-5-8(10(13)12-3)9(11)7(6)2/h4-5H,1-3H3,(H,12,13). The lowest BCUT2D eigenvalue weighted by Gasteiger charge is -2.07. The van der Waals surface area contributed by atoms with E-state index in [0.717, 1.165) is 10.0 Å². The van der Waals surface area contributed by atoms with Gasteiger partial charge in [-0.05, 0) is 47.0 Å². The summed E-state index contributed by atoms with van der Waals surface area (Å²) in [6, 6.07) is 3.77. The van der Waals surface area contributed by atoms with Gasteiger partial charge in [-0.2, -0.15) is 0 Å². The summed E-state index contributed by atoms with van der Waals surface area (Å²) in [6.45, 7) is 4.01. The number of halogens is 1. The number of rotatable bonds is 1. The maximum atomic E-state index is 11.4. The Labute approximate surface area is 86.5 Å². The highest BCUT2D eigenvalue weighted by Gasteiger charge is 2.10. The smallest absolute Gasteiger partial charge is 0.252 e. The van der Waals surface area contributed by atoms with Crippen LogP contribution in [0.25, 0.3) is 0 Å². The van der Waals surface area contributed by atoms with Crippen LogP contribution in [0.2, 0.25) is 0 Å². The third kappa shape index (κ3) is 1.91. The van der Waals surface area contributed by atoms with Crippen LogP contribution in [0.3, 0.4) is 0 Å². The Morgan fingerprint density at radius 3 is 2.54 bits per heavy atom. The maximum absolute atomic E-state index is 11.4. The van der Waals surface area contributed by atoms with Crippen molar-refractivity contribution in [3.05, 3.63) is 33.3 Å². The Morgan fingerprint density at radius 2 is 2.00 bits per heavy atom.